The van der Waals surface area contributed by atoms with Crippen molar-refractivity contribution in [2.75, 3.05) is 17.7 Å². The molecule has 0 spiro atoms. The predicted octanol–water partition coefficient (Wildman–Crippen LogP) is 3.05. The largest absolute Gasteiger partial charge is 0.396 e. The monoisotopic (exact) mass is 227 g/mol. The summed E-state index contributed by atoms with van der Waals surface area (Å²) in [5.74, 6) is 0.800. The summed E-state index contributed by atoms with van der Waals surface area (Å²) in [5, 5.41) is 0. The quantitative estimate of drug-likeness (QED) is 0.857. The maximum Gasteiger partial charge on any atom is 0.156 e. The van der Waals surface area contributed by atoms with Gasteiger partial charge in [-0.2, -0.15) is 0 Å². The third kappa shape index (κ3) is 2.23. The maximum atomic E-state index is 6.05. The summed E-state index contributed by atoms with van der Waals surface area (Å²) < 4.78 is 0. The minimum absolute atomic E-state index is 0.732. The van der Waals surface area contributed by atoms with Gasteiger partial charge in [-0.05, 0) is 37.6 Å². The normalized spacial score (nSPS) is 10.3. The Hall–Kier alpha value is -2.03. The van der Waals surface area contributed by atoms with Gasteiger partial charge in [0.05, 0.1) is 5.69 Å². The Kier molecular flexibility index (Phi) is 3.00. The van der Waals surface area contributed by atoms with Crippen molar-refractivity contribution in [2.24, 2.45) is 0 Å². The number of aryl methyl sites for hydroxylation is 2. The van der Waals surface area contributed by atoms with Gasteiger partial charge in [-0.1, -0.05) is 17.7 Å². The Bertz CT molecular complexity index is 517. The first-order valence-electron chi connectivity index (χ1n) is 5.61. The Morgan fingerprint density at radius 2 is 1.71 bits per heavy atom. The Labute approximate surface area is 102 Å². The molecule has 1 aromatic carbocycles. The van der Waals surface area contributed by atoms with Crippen LogP contribution in [0.15, 0.2) is 36.5 Å². The second-order valence-electron chi connectivity index (χ2n) is 4.26. The first-order valence-corrected chi connectivity index (χ1v) is 5.61. The lowest BCUT2D eigenvalue weighted by Crippen LogP contribution is -2.13. The molecular weight excluding hydrogens is 210 g/mol. The number of nitrogens with two attached hydrogens (primary N) is 1. The van der Waals surface area contributed by atoms with Crippen molar-refractivity contribution in [3.63, 3.8) is 0 Å². The molecule has 3 heteroatoms. The van der Waals surface area contributed by atoms with Gasteiger partial charge < -0.3 is 10.6 Å². The molecule has 1 heterocycles. The van der Waals surface area contributed by atoms with Crippen LogP contribution >= 0.6 is 0 Å². The maximum absolute atomic E-state index is 6.05. The van der Waals surface area contributed by atoms with Crippen LogP contribution in [0.25, 0.3) is 0 Å². The molecule has 17 heavy (non-hydrogen) atoms. The summed E-state index contributed by atoms with van der Waals surface area (Å²) in [4.78, 5) is 6.34. The van der Waals surface area contributed by atoms with E-state index in [0.717, 1.165) is 22.8 Å². The van der Waals surface area contributed by atoms with Crippen LogP contribution in [-0.4, -0.2) is 12.0 Å². The van der Waals surface area contributed by atoms with E-state index in [0.29, 0.717) is 0 Å². The zero-order valence-corrected chi connectivity index (χ0v) is 10.4. The van der Waals surface area contributed by atoms with E-state index < -0.39 is 0 Å². The third-order valence-corrected chi connectivity index (χ3v) is 2.93. The van der Waals surface area contributed by atoms with Crippen molar-refractivity contribution in [2.45, 2.75) is 13.8 Å². The molecule has 2 aromatic rings. The summed E-state index contributed by atoms with van der Waals surface area (Å²) >= 11 is 0. The van der Waals surface area contributed by atoms with E-state index in [9.17, 15) is 0 Å². The van der Waals surface area contributed by atoms with Crippen LogP contribution in [0.2, 0.25) is 0 Å². The molecule has 0 radical (unpaired) electrons. The van der Waals surface area contributed by atoms with Gasteiger partial charge in [-0.25, -0.2) is 4.98 Å². The molecular formula is C14H17N3. The summed E-state index contributed by atoms with van der Waals surface area (Å²) in [5.41, 5.74) is 10.2. The molecule has 0 aliphatic rings. The minimum Gasteiger partial charge on any atom is -0.396 e. The summed E-state index contributed by atoms with van der Waals surface area (Å²) in [7, 11) is 1.98. The van der Waals surface area contributed by atoms with E-state index in [4.69, 9.17) is 5.73 Å². The molecule has 2 rings (SSSR count). The van der Waals surface area contributed by atoms with Crippen LogP contribution in [0, 0.1) is 13.8 Å². The molecule has 0 amide bonds. The molecule has 0 aliphatic carbocycles. The molecule has 0 fully saturated rings. The fraction of sp³-hybridized carbons (Fsp3) is 0.214. The lowest BCUT2D eigenvalue weighted by Gasteiger charge is -2.20. The highest BCUT2D eigenvalue weighted by atomic mass is 15.2. The van der Waals surface area contributed by atoms with Crippen LogP contribution < -0.4 is 10.6 Å². The van der Waals surface area contributed by atoms with Crippen LogP contribution in [0.1, 0.15) is 11.1 Å². The standard InChI is InChI=1S/C14H17N3/c1-10-4-6-12(7-5-10)17(3)14-13(15)11(2)8-9-16-14/h4-9H,15H2,1-3H3. The fourth-order valence-corrected chi connectivity index (χ4v) is 1.71. The zero-order chi connectivity index (χ0) is 12.4. The lowest BCUT2D eigenvalue weighted by molar-refractivity contribution is 1.12. The summed E-state index contributed by atoms with van der Waals surface area (Å²) in [6.07, 6.45) is 1.78. The molecule has 0 bridgehead atoms. The smallest absolute Gasteiger partial charge is 0.156 e. The van der Waals surface area contributed by atoms with Crippen molar-refractivity contribution in [1.82, 2.24) is 4.98 Å². The van der Waals surface area contributed by atoms with Gasteiger partial charge in [0.1, 0.15) is 0 Å². The Morgan fingerprint density at radius 3 is 2.35 bits per heavy atom. The predicted molar refractivity (Wildman–Crippen MR) is 72.6 cm³/mol. The number of pyridine rings is 1. The molecule has 0 atom stereocenters. The number of aromatic nitrogens is 1. The zero-order valence-electron chi connectivity index (χ0n) is 10.4. The summed E-state index contributed by atoms with van der Waals surface area (Å²) in [6, 6.07) is 10.2. The second-order valence-corrected chi connectivity index (χ2v) is 4.26. The third-order valence-electron chi connectivity index (χ3n) is 2.93. The Morgan fingerprint density at radius 1 is 1.06 bits per heavy atom. The minimum atomic E-state index is 0.732. The van der Waals surface area contributed by atoms with Crippen molar-refractivity contribution >= 4 is 17.2 Å². The van der Waals surface area contributed by atoms with Crippen molar-refractivity contribution in [3.8, 4) is 0 Å². The van der Waals surface area contributed by atoms with E-state index >= 15 is 0 Å². The topological polar surface area (TPSA) is 42.2 Å². The van der Waals surface area contributed by atoms with Crippen molar-refractivity contribution in [3.05, 3.63) is 47.7 Å². The Balaban J connectivity index is 2.40. The van der Waals surface area contributed by atoms with Gasteiger partial charge in [0.2, 0.25) is 0 Å². The van der Waals surface area contributed by atoms with Gasteiger partial charge in [0.25, 0.3) is 0 Å². The molecule has 1 aromatic heterocycles. The van der Waals surface area contributed by atoms with E-state index in [1.165, 1.54) is 5.56 Å². The number of hydrogen-bond donors (Lipinski definition) is 1. The van der Waals surface area contributed by atoms with E-state index in [1.54, 1.807) is 6.20 Å². The van der Waals surface area contributed by atoms with E-state index in [1.807, 2.05) is 24.9 Å². The summed E-state index contributed by atoms with van der Waals surface area (Å²) in [6.45, 7) is 4.06. The second kappa shape index (κ2) is 4.45. The first kappa shape index (κ1) is 11.5. The van der Waals surface area contributed by atoms with E-state index in [2.05, 4.69) is 36.2 Å². The van der Waals surface area contributed by atoms with Crippen molar-refractivity contribution in [1.29, 1.82) is 0 Å². The number of benzene rings is 1. The fourth-order valence-electron chi connectivity index (χ4n) is 1.71. The van der Waals surface area contributed by atoms with E-state index in [-0.39, 0.29) is 0 Å². The molecule has 0 unspecified atom stereocenters. The molecule has 2 N–H and O–H groups in total. The van der Waals surface area contributed by atoms with Crippen LogP contribution in [0.3, 0.4) is 0 Å². The number of hydrogen-bond acceptors (Lipinski definition) is 3. The highest BCUT2D eigenvalue weighted by molar-refractivity contribution is 5.72. The van der Waals surface area contributed by atoms with Gasteiger partial charge >= 0.3 is 0 Å². The van der Waals surface area contributed by atoms with Crippen molar-refractivity contribution < 1.29 is 0 Å². The van der Waals surface area contributed by atoms with Crippen LogP contribution in [0.4, 0.5) is 17.2 Å². The highest BCUT2D eigenvalue weighted by Crippen LogP contribution is 2.28. The molecule has 3 nitrogen and oxygen atoms in total. The van der Waals surface area contributed by atoms with Gasteiger partial charge in [-0.15, -0.1) is 0 Å². The average molecular weight is 227 g/mol. The number of rotatable bonds is 2. The van der Waals surface area contributed by atoms with Gasteiger partial charge in [-0.3, -0.25) is 0 Å². The number of nitrogens with zero attached hydrogens (tertiary/aromatic N) is 2. The average Bonchev–Trinajstić information content (AvgIpc) is 2.33. The van der Waals surface area contributed by atoms with Crippen LogP contribution in [-0.2, 0) is 0 Å². The van der Waals surface area contributed by atoms with Gasteiger partial charge in [0, 0.05) is 18.9 Å². The van der Waals surface area contributed by atoms with Crippen LogP contribution in [0.5, 0.6) is 0 Å². The highest BCUT2D eigenvalue weighted by Gasteiger charge is 2.09. The molecule has 88 valence electrons. The lowest BCUT2D eigenvalue weighted by atomic mass is 10.2. The first-order chi connectivity index (χ1) is 8.09. The number of nitrogen functional groups attached to an aromatic ring is 1. The number of anilines is 3. The molecule has 0 aliphatic heterocycles. The SMILES string of the molecule is Cc1ccc(N(C)c2nccc(C)c2N)cc1. The molecule has 0 saturated carbocycles. The van der Waals surface area contributed by atoms with Gasteiger partial charge in [0.15, 0.2) is 5.82 Å². The molecule has 0 saturated heterocycles.